The van der Waals surface area contributed by atoms with Gasteiger partial charge in [0.1, 0.15) is 5.76 Å². The number of halogens is 1. The van der Waals surface area contributed by atoms with E-state index in [1.54, 1.807) is 59.5 Å². The van der Waals surface area contributed by atoms with Crippen LogP contribution in [0, 0.1) is 10.1 Å². The first kappa shape index (κ1) is 25.0. The summed E-state index contributed by atoms with van der Waals surface area (Å²) in [6, 6.07) is 23.5. The molecule has 5 rings (SSSR count). The summed E-state index contributed by atoms with van der Waals surface area (Å²) in [6.07, 6.45) is 0. The summed E-state index contributed by atoms with van der Waals surface area (Å²) >= 11 is 5.93. The molecular weight excluding hydrogens is 508 g/mol. The zero-order valence-corrected chi connectivity index (χ0v) is 20.9. The molecule has 9 nitrogen and oxygen atoms in total. The highest BCUT2D eigenvalue weighted by Gasteiger charge is 2.25. The number of furan rings is 1. The average Bonchev–Trinajstić information content (AvgIpc) is 3.44. The van der Waals surface area contributed by atoms with E-state index in [1.165, 1.54) is 12.1 Å². The van der Waals surface area contributed by atoms with Gasteiger partial charge in [0.2, 0.25) is 0 Å². The minimum atomic E-state index is -0.489. The van der Waals surface area contributed by atoms with Gasteiger partial charge in [0.25, 0.3) is 17.5 Å². The second kappa shape index (κ2) is 10.8. The highest BCUT2D eigenvalue weighted by atomic mass is 35.5. The van der Waals surface area contributed by atoms with E-state index in [1.807, 2.05) is 18.2 Å². The fourth-order valence-corrected chi connectivity index (χ4v) is 4.54. The maximum atomic E-state index is 13.0. The standard InChI is InChI=1S/C28H23ClN4O5/c29-20-11-9-19(10-12-20)28(35)32-17-15-31(16-18-32)24-8-4-2-6-22(24)30-27(34)26-14-13-25(38-26)21-5-1-3-7-23(21)33(36)37/h1-14H,15-18H2,(H,30,34). The van der Waals surface area contributed by atoms with Crippen molar-refractivity contribution in [2.24, 2.45) is 0 Å². The normalized spacial score (nSPS) is 13.3. The second-order valence-corrected chi connectivity index (χ2v) is 9.13. The van der Waals surface area contributed by atoms with E-state index in [0.29, 0.717) is 48.0 Å². The molecule has 0 radical (unpaired) electrons. The average molecular weight is 531 g/mol. The molecule has 1 fully saturated rings. The van der Waals surface area contributed by atoms with E-state index in [4.69, 9.17) is 16.0 Å². The minimum absolute atomic E-state index is 0.0336. The van der Waals surface area contributed by atoms with Gasteiger partial charge >= 0.3 is 0 Å². The van der Waals surface area contributed by atoms with Crippen LogP contribution in [-0.2, 0) is 0 Å². The number of para-hydroxylation sites is 3. The Morgan fingerprint density at radius 1 is 0.868 bits per heavy atom. The molecule has 1 aliphatic heterocycles. The highest BCUT2D eigenvalue weighted by Crippen LogP contribution is 2.32. The number of hydrogen-bond acceptors (Lipinski definition) is 6. The third kappa shape index (κ3) is 5.23. The number of carbonyl (C=O) groups excluding carboxylic acids is 2. The largest absolute Gasteiger partial charge is 0.451 e. The van der Waals surface area contributed by atoms with Gasteiger partial charge in [-0.2, -0.15) is 0 Å². The zero-order valence-electron chi connectivity index (χ0n) is 20.2. The summed E-state index contributed by atoms with van der Waals surface area (Å²) in [4.78, 5) is 40.6. The molecule has 1 aromatic heterocycles. The summed E-state index contributed by atoms with van der Waals surface area (Å²) in [5.41, 5.74) is 2.20. The van der Waals surface area contributed by atoms with Crippen molar-refractivity contribution in [3.05, 3.63) is 111 Å². The Morgan fingerprint density at radius 3 is 2.29 bits per heavy atom. The topological polar surface area (TPSA) is 109 Å². The number of benzene rings is 3. The minimum Gasteiger partial charge on any atom is -0.451 e. The Bertz CT molecular complexity index is 1490. The Morgan fingerprint density at radius 2 is 1.55 bits per heavy atom. The molecule has 0 spiro atoms. The molecule has 0 bridgehead atoms. The quantitative estimate of drug-likeness (QED) is 0.252. The van der Waals surface area contributed by atoms with Crippen molar-refractivity contribution in [3.63, 3.8) is 0 Å². The number of carbonyl (C=O) groups is 2. The Kier molecular flexibility index (Phi) is 7.10. The van der Waals surface area contributed by atoms with Crippen LogP contribution in [-0.4, -0.2) is 47.8 Å². The zero-order chi connectivity index (χ0) is 26.6. The molecule has 1 N–H and O–H groups in total. The number of rotatable bonds is 6. The van der Waals surface area contributed by atoms with Crippen LogP contribution in [0.4, 0.5) is 17.1 Å². The van der Waals surface area contributed by atoms with Crippen LogP contribution in [0.15, 0.2) is 89.3 Å². The van der Waals surface area contributed by atoms with Gasteiger partial charge in [-0.25, -0.2) is 0 Å². The monoisotopic (exact) mass is 530 g/mol. The predicted molar refractivity (Wildman–Crippen MR) is 145 cm³/mol. The third-order valence-corrected chi connectivity index (χ3v) is 6.60. The van der Waals surface area contributed by atoms with Gasteiger partial charge < -0.3 is 19.5 Å². The molecule has 4 aromatic rings. The smallest absolute Gasteiger partial charge is 0.291 e. The first-order valence-corrected chi connectivity index (χ1v) is 12.3. The third-order valence-electron chi connectivity index (χ3n) is 6.35. The first-order chi connectivity index (χ1) is 18.4. The molecule has 192 valence electrons. The number of nitrogens with zero attached hydrogens (tertiary/aromatic N) is 3. The molecule has 0 atom stereocenters. The number of nitro groups is 1. The van der Waals surface area contributed by atoms with Gasteiger partial charge in [0, 0.05) is 42.8 Å². The predicted octanol–water partition coefficient (Wildman–Crippen LogP) is 5.72. The molecule has 3 aromatic carbocycles. The molecule has 0 unspecified atom stereocenters. The van der Waals surface area contributed by atoms with E-state index in [9.17, 15) is 19.7 Å². The Hall–Kier alpha value is -4.63. The molecule has 38 heavy (non-hydrogen) atoms. The molecule has 2 amide bonds. The van der Waals surface area contributed by atoms with Crippen LogP contribution in [0.25, 0.3) is 11.3 Å². The van der Waals surface area contributed by atoms with Gasteiger partial charge in [0.15, 0.2) is 5.76 Å². The lowest BCUT2D eigenvalue weighted by Crippen LogP contribution is -2.49. The molecule has 1 saturated heterocycles. The van der Waals surface area contributed by atoms with Crippen molar-refractivity contribution in [1.82, 2.24) is 4.90 Å². The molecule has 0 aliphatic carbocycles. The van der Waals surface area contributed by atoms with Crippen LogP contribution in [0.5, 0.6) is 0 Å². The summed E-state index contributed by atoms with van der Waals surface area (Å²) in [5.74, 6) is -0.252. The van der Waals surface area contributed by atoms with Crippen LogP contribution in [0.1, 0.15) is 20.9 Å². The lowest BCUT2D eigenvalue weighted by Gasteiger charge is -2.37. The maximum Gasteiger partial charge on any atom is 0.291 e. The van der Waals surface area contributed by atoms with E-state index in [0.717, 1.165) is 5.69 Å². The molecule has 1 aliphatic rings. The lowest BCUT2D eigenvalue weighted by atomic mass is 10.1. The van der Waals surface area contributed by atoms with Gasteiger partial charge in [-0.3, -0.25) is 19.7 Å². The Balaban J connectivity index is 1.27. The fourth-order valence-electron chi connectivity index (χ4n) is 4.41. The van der Waals surface area contributed by atoms with Crippen LogP contribution in [0.3, 0.4) is 0 Å². The van der Waals surface area contributed by atoms with E-state index < -0.39 is 10.8 Å². The van der Waals surface area contributed by atoms with Crippen molar-refractivity contribution in [1.29, 1.82) is 0 Å². The maximum absolute atomic E-state index is 13.0. The summed E-state index contributed by atoms with van der Waals surface area (Å²) in [7, 11) is 0. The molecule has 0 saturated carbocycles. The first-order valence-electron chi connectivity index (χ1n) is 11.9. The van der Waals surface area contributed by atoms with Gasteiger partial charge in [-0.05, 0) is 54.6 Å². The number of piperazine rings is 1. The number of hydrogen-bond donors (Lipinski definition) is 1. The molecular formula is C28H23ClN4O5. The van der Waals surface area contributed by atoms with Gasteiger partial charge in [-0.15, -0.1) is 0 Å². The van der Waals surface area contributed by atoms with E-state index in [2.05, 4.69) is 10.2 Å². The van der Waals surface area contributed by atoms with Crippen molar-refractivity contribution in [3.8, 4) is 11.3 Å². The van der Waals surface area contributed by atoms with E-state index in [-0.39, 0.29) is 23.1 Å². The summed E-state index contributed by atoms with van der Waals surface area (Å²) in [6.45, 7) is 2.24. The van der Waals surface area contributed by atoms with Gasteiger partial charge in [0.05, 0.1) is 21.9 Å². The summed E-state index contributed by atoms with van der Waals surface area (Å²) < 4.78 is 5.69. The van der Waals surface area contributed by atoms with Crippen LogP contribution >= 0.6 is 11.6 Å². The summed E-state index contributed by atoms with van der Waals surface area (Å²) in [5, 5.41) is 14.8. The number of nitro benzene ring substituents is 1. The van der Waals surface area contributed by atoms with Crippen molar-refractivity contribution in [2.45, 2.75) is 0 Å². The lowest BCUT2D eigenvalue weighted by molar-refractivity contribution is -0.384. The van der Waals surface area contributed by atoms with Crippen LogP contribution in [0.2, 0.25) is 5.02 Å². The van der Waals surface area contributed by atoms with Crippen molar-refractivity contribution in [2.75, 3.05) is 36.4 Å². The van der Waals surface area contributed by atoms with Crippen molar-refractivity contribution >= 4 is 40.5 Å². The van der Waals surface area contributed by atoms with Gasteiger partial charge in [-0.1, -0.05) is 35.9 Å². The fraction of sp³-hybridized carbons (Fsp3) is 0.143. The molecule has 10 heteroatoms. The van der Waals surface area contributed by atoms with E-state index >= 15 is 0 Å². The number of nitrogens with one attached hydrogen (secondary N) is 1. The SMILES string of the molecule is O=C(Nc1ccccc1N1CCN(C(=O)c2ccc(Cl)cc2)CC1)c1ccc(-c2ccccc2[N+](=O)[O-])o1. The second-order valence-electron chi connectivity index (χ2n) is 8.70. The Labute approximate surface area is 223 Å². The van der Waals surface area contributed by atoms with Crippen LogP contribution < -0.4 is 10.2 Å². The highest BCUT2D eigenvalue weighted by molar-refractivity contribution is 6.30. The molecule has 2 heterocycles. The number of amides is 2. The van der Waals surface area contributed by atoms with Crippen molar-refractivity contribution < 1.29 is 18.9 Å². The number of anilines is 2.